The highest BCUT2D eigenvalue weighted by molar-refractivity contribution is 9.10. The van der Waals surface area contributed by atoms with Crippen LogP contribution in [-0.2, 0) is 19.6 Å². The van der Waals surface area contributed by atoms with E-state index in [1.54, 1.807) is 26.4 Å². The molecule has 3 aromatic carbocycles. The van der Waals surface area contributed by atoms with Gasteiger partial charge < -0.3 is 19.5 Å². The van der Waals surface area contributed by atoms with Crippen LogP contribution in [0.2, 0.25) is 5.02 Å². The molecule has 0 aliphatic rings. The van der Waals surface area contributed by atoms with Crippen LogP contribution in [-0.4, -0.2) is 20.8 Å². The highest BCUT2D eigenvalue weighted by Gasteiger charge is 2.14. The number of hydrogen-bond donors (Lipinski definition) is 1. The van der Waals surface area contributed by atoms with E-state index in [2.05, 4.69) is 33.4 Å². The molecule has 7 heteroatoms. The highest BCUT2D eigenvalue weighted by atomic mass is 79.9. The summed E-state index contributed by atoms with van der Waals surface area (Å²) in [6.45, 7) is 1.50. The largest absolute Gasteiger partial charge is 0.497 e. The summed E-state index contributed by atoms with van der Waals surface area (Å²) >= 11 is 9.62. The van der Waals surface area contributed by atoms with Crippen molar-refractivity contribution in [3.63, 3.8) is 0 Å². The fraction of sp³-hybridized carbons (Fsp3) is 0.250. The van der Waals surface area contributed by atoms with Crippen LogP contribution in [0.15, 0.2) is 59.1 Å². The van der Waals surface area contributed by atoms with Gasteiger partial charge in [0.15, 0.2) is 11.5 Å². The molecule has 0 heterocycles. The zero-order chi connectivity index (χ0) is 22.2. The molecule has 4 nitrogen and oxygen atoms in total. The Hall–Kier alpha value is -2.28. The molecule has 31 heavy (non-hydrogen) atoms. The molecule has 0 spiro atoms. The minimum atomic E-state index is -0.403. The molecular formula is C24H24BrClFNO3. The zero-order valence-corrected chi connectivity index (χ0v) is 19.7. The summed E-state index contributed by atoms with van der Waals surface area (Å²) in [6, 6.07) is 16.5. The standard InChI is InChI=1S/C24H24BrClFNO3/c1-29-18-8-6-16(7-9-18)10-11-28-14-17-12-20(25)24(23(13-17)30-2)31-15-19-21(26)4-3-5-22(19)27/h3-9,12-13,28H,10-11,14-15H2,1-2H3. The summed E-state index contributed by atoms with van der Waals surface area (Å²) in [5, 5.41) is 3.76. The topological polar surface area (TPSA) is 39.7 Å². The molecule has 1 N–H and O–H groups in total. The van der Waals surface area contributed by atoms with Crippen molar-refractivity contribution in [2.75, 3.05) is 20.8 Å². The molecule has 0 unspecified atom stereocenters. The summed E-state index contributed by atoms with van der Waals surface area (Å²) in [7, 11) is 3.24. The average molecular weight is 509 g/mol. The van der Waals surface area contributed by atoms with E-state index < -0.39 is 5.82 Å². The van der Waals surface area contributed by atoms with Crippen LogP contribution in [0.25, 0.3) is 0 Å². The molecule has 0 atom stereocenters. The lowest BCUT2D eigenvalue weighted by atomic mass is 10.1. The molecule has 3 rings (SSSR count). The Balaban J connectivity index is 1.59. The molecule has 0 amide bonds. The third kappa shape index (κ3) is 6.35. The molecule has 3 aromatic rings. The molecule has 0 saturated carbocycles. The Morgan fingerprint density at radius 1 is 1.00 bits per heavy atom. The van der Waals surface area contributed by atoms with Crippen molar-refractivity contribution < 1.29 is 18.6 Å². The van der Waals surface area contributed by atoms with Gasteiger partial charge in [0.2, 0.25) is 0 Å². The maximum absolute atomic E-state index is 14.0. The van der Waals surface area contributed by atoms with Gasteiger partial charge in [-0.15, -0.1) is 0 Å². The summed E-state index contributed by atoms with van der Waals surface area (Å²) in [5.74, 6) is 1.52. The molecule has 0 saturated heterocycles. The van der Waals surface area contributed by atoms with Crippen LogP contribution in [0.5, 0.6) is 17.2 Å². The molecule has 0 fully saturated rings. The molecular weight excluding hydrogens is 485 g/mol. The van der Waals surface area contributed by atoms with Crippen LogP contribution in [0.4, 0.5) is 4.39 Å². The van der Waals surface area contributed by atoms with E-state index in [1.165, 1.54) is 11.6 Å². The van der Waals surface area contributed by atoms with E-state index in [0.717, 1.165) is 28.8 Å². The van der Waals surface area contributed by atoms with Crippen LogP contribution in [0.1, 0.15) is 16.7 Å². The average Bonchev–Trinajstić information content (AvgIpc) is 2.77. The van der Waals surface area contributed by atoms with Gasteiger partial charge in [-0.3, -0.25) is 0 Å². The van der Waals surface area contributed by atoms with E-state index >= 15 is 0 Å². The fourth-order valence-electron chi connectivity index (χ4n) is 3.09. The molecule has 0 bridgehead atoms. The van der Waals surface area contributed by atoms with Crippen LogP contribution in [0.3, 0.4) is 0 Å². The second kappa shape index (κ2) is 11.4. The highest BCUT2D eigenvalue weighted by Crippen LogP contribution is 2.37. The quantitative estimate of drug-likeness (QED) is 0.333. The molecule has 0 aromatic heterocycles. The minimum Gasteiger partial charge on any atom is -0.497 e. The fourth-order valence-corrected chi connectivity index (χ4v) is 3.91. The summed E-state index contributed by atoms with van der Waals surface area (Å²) in [5.41, 5.74) is 2.58. The lowest BCUT2D eigenvalue weighted by Gasteiger charge is -2.15. The number of halogens is 3. The van der Waals surface area contributed by atoms with E-state index in [4.69, 9.17) is 25.8 Å². The number of rotatable bonds is 10. The number of hydrogen-bond acceptors (Lipinski definition) is 4. The zero-order valence-electron chi connectivity index (χ0n) is 17.4. The number of methoxy groups -OCH3 is 2. The number of ether oxygens (including phenoxy) is 3. The predicted octanol–water partition coefficient (Wildman–Crippen LogP) is 6.17. The van der Waals surface area contributed by atoms with Crippen molar-refractivity contribution >= 4 is 27.5 Å². The van der Waals surface area contributed by atoms with Gasteiger partial charge in [0.1, 0.15) is 18.2 Å². The summed E-state index contributed by atoms with van der Waals surface area (Å²) in [6.07, 6.45) is 0.910. The Kier molecular flexibility index (Phi) is 8.58. The predicted molar refractivity (Wildman–Crippen MR) is 125 cm³/mol. The van der Waals surface area contributed by atoms with Gasteiger partial charge in [-0.2, -0.15) is 0 Å². The van der Waals surface area contributed by atoms with Crippen LogP contribution in [0, 0.1) is 5.82 Å². The monoisotopic (exact) mass is 507 g/mol. The lowest BCUT2D eigenvalue weighted by Crippen LogP contribution is -2.16. The summed E-state index contributed by atoms with van der Waals surface area (Å²) < 4.78 is 31.3. The Labute approximate surface area is 195 Å². The lowest BCUT2D eigenvalue weighted by molar-refractivity contribution is 0.277. The molecule has 0 aliphatic carbocycles. The first-order chi connectivity index (χ1) is 15.0. The Bertz CT molecular complexity index is 994. The first kappa shape index (κ1) is 23.4. The second-order valence-corrected chi connectivity index (χ2v) is 8.13. The van der Waals surface area contributed by atoms with Gasteiger partial charge in [0, 0.05) is 12.1 Å². The van der Waals surface area contributed by atoms with Gasteiger partial charge in [0.05, 0.1) is 23.7 Å². The van der Waals surface area contributed by atoms with Gasteiger partial charge in [-0.25, -0.2) is 4.39 Å². The maximum atomic E-state index is 14.0. The van der Waals surface area contributed by atoms with Crippen molar-refractivity contribution in [2.45, 2.75) is 19.6 Å². The Morgan fingerprint density at radius 3 is 2.45 bits per heavy atom. The van der Waals surface area contributed by atoms with E-state index in [0.29, 0.717) is 28.6 Å². The minimum absolute atomic E-state index is 0.0000749. The third-order valence-electron chi connectivity index (χ3n) is 4.79. The number of benzene rings is 3. The second-order valence-electron chi connectivity index (χ2n) is 6.87. The number of nitrogens with one attached hydrogen (secondary N) is 1. The van der Waals surface area contributed by atoms with Crippen molar-refractivity contribution in [3.05, 3.63) is 86.6 Å². The van der Waals surface area contributed by atoms with Gasteiger partial charge >= 0.3 is 0 Å². The van der Waals surface area contributed by atoms with Crippen molar-refractivity contribution in [1.29, 1.82) is 0 Å². The van der Waals surface area contributed by atoms with Crippen LogP contribution >= 0.6 is 27.5 Å². The van der Waals surface area contributed by atoms with Crippen molar-refractivity contribution in [2.24, 2.45) is 0 Å². The van der Waals surface area contributed by atoms with Gasteiger partial charge in [-0.05, 0) is 76.4 Å². The van der Waals surface area contributed by atoms with Crippen molar-refractivity contribution in [1.82, 2.24) is 5.32 Å². The Morgan fingerprint density at radius 2 is 1.77 bits per heavy atom. The van der Waals surface area contributed by atoms with Crippen molar-refractivity contribution in [3.8, 4) is 17.2 Å². The SMILES string of the molecule is COc1ccc(CCNCc2cc(Br)c(OCc3c(F)cccc3Cl)c(OC)c2)cc1. The first-order valence-corrected chi connectivity index (χ1v) is 10.9. The summed E-state index contributed by atoms with van der Waals surface area (Å²) in [4.78, 5) is 0. The molecule has 0 aliphatic heterocycles. The third-order valence-corrected chi connectivity index (χ3v) is 5.73. The first-order valence-electron chi connectivity index (χ1n) is 9.77. The molecule has 164 valence electrons. The van der Waals surface area contributed by atoms with Gasteiger partial charge in [-0.1, -0.05) is 29.8 Å². The smallest absolute Gasteiger partial charge is 0.175 e. The molecule has 0 radical (unpaired) electrons. The van der Waals surface area contributed by atoms with E-state index in [-0.39, 0.29) is 6.61 Å². The van der Waals surface area contributed by atoms with E-state index in [1.807, 2.05) is 24.3 Å². The normalized spacial score (nSPS) is 10.7. The van der Waals surface area contributed by atoms with Gasteiger partial charge in [0.25, 0.3) is 0 Å². The van der Waals surface area contributed by atoms with E-state index in [9.17, 15) is 4.39 Å². The van der Waals surface area contributed by atoms with Crippen LogP contribution < -0.4 is 19.5 Å². The maximum Gasteiger partial charge on any atom is 0.175 e.